The molecule has 0 atom stereocenters. The summed E-state index contributed by atoms with van der Waals surface area (Å²) < 4.78 is 0. The molecule has 0 saturated carbocycles. The van der Waals surface area contributed by atoms with Gasteiger partial charge in [-0.1, -0.05) is 42.5 Å². The van der Waals surface area contributed by atoms with Gasteiger partial charge in [-0.15, -0.1) is 11.8 Å². The number of anilines is 1. The minimum atomic E-state index is -0.126. The molecular weight excluding hydrogens is 406 g/mol. The first-order valence-corrected chi connectivity index (χ1v) is 10.9. The number of thioether (sulfide) groups is 1. The van der Waals surface area contributed by atoms with Crippen LogP contribution < -0.4 is 5.32 Å². The van der Waals surface area contributed by atoms with E-state index in [-0.39, 0.29) is 17.4 Å². The van der Waals surface area contributed by atoms with Crippen molar-refractivity contribution >= 4 is 51.3 Å². The zero-order valence-electron chi connectivity index (χ0n) is 17.0. The van der Waals surface area contributed by atoms with E-state index in [1.807, 2.05) is 54.6 Å². The molecule has 3 aromatic carbocycles. The molecule has 1 amide bonds. The Morgan fingerprint density at radius 3 is 2.19 bits per heavy atom. The van der Waals surface area contributed by atoms with Crippen molar-refractivity contribution in [1.82, 2.24) is 0 Å². The van der Waals surface area contributed by atoms with E-state index in [1.54, 1.807) is 24.3 Å². The fraction of sp³-hybridized carbons (Fsp3) is 0.120. The topological polar surface area (TPSA) is 70.9 Å². The van der Waals surface area contributed by atoms with E-state index in [2.05, 4.69) is 5.32 Å². The molecule has 3 aromatic rings. The maximum absolute atomic E-state index is 12.5. The van der Waals surface area contributed by atoms with E-state index in [9.17, 15) is 9.59 Å². The normalized spacial score (nSPS) is 12.8. The van der Waals surface area contributed by atoms with Crippen LogP contribution in [0.25, 0.3) is 0 Å². The molecule has 0 radical (unpaired) electrons. The van der Waals surface area contributed by atoms with Gasteiger partial charge in [-0.2, -0.15) is 0 Å². The summed E-state index contributed by atoms with van der Waals surface area (Å²) in [5.74, 6) is 0.104. The number of aliphatic imine (C=N–C) groups is 2. The minimum Gasteiger partial charge on any atom is -0.325 e. The lowest BCUT2D eigenvalue weighted by Gasteiger charge is -2.08. The molecule has 6 heteroatoms. The number of benzene rings is 3. The Morgan fingerprint density at radius 2 is 1.52 bits per heavy atom. The van der Waals surface area contributed by atoms with Gasteiger partial charge in [-0.05, 0) is 48.9 Å². The summed E-state index contributed by atoms with van der Waals surface area (Å²) in [7, 11) is 0. The van der Waals surface area contributed by atoms with Gasteiger partial charge in [0.15, 0.2) is 5.78 Å². The molecule has 0 aromatic heterocycles. The van der Waals surface area contributed by atoms with E-state index in [0.29, 0.717) is 17.7 Å². The van der Waals surface area contributed by atoms with Crippen molar-refractivity contribution in [1.29, 1.82) is 0 Å². The van der Waals surface area contributed by atoms with E-state index in [4.69, 9.17) is 9.98 Å². The van der Waals surface area contributed by atoms with Crippen LogP contribution in [0, 0.1) is 0 Å². The second-order valence-electron chi connectivity index (χ2n) is 7.07. The number of Topliss-reactive ketones (excluding diaryl/α,β-unsaturated/α-hetero) is 1. The highest BCUT2D eigenvalue weighted by Crippen LogP contribution is 2.33. The lowest BCUT2D eigenvalue weighted by molar-refractivity contribution is -0.113. The first-order chi connectivity index (χ1) is 15.1. The van der Waals surface area contributed by atoms with Crippen molar-refractivity contribution in [3.63, 3.8) is 0 Å². The molecule has 31 heavy (non-hydrogen) atoms. The number of carbonyl (C=O) groups excluding carboxylic acids is 2. The van der Waals surface area contributed by atoms with Gasteiger partial charge in [0.05, 0.1) is 27.9 Å². The quantitative estimate of drug-likeness (QED) is 0.522. The Hall–Kier alpha value is -3.51. The average molecular weight is 428 g/mol. The lowest BCUT2D eigenvalue weighted by Crippen LogP contribution is -2.16. The fourth-order valence-corrected chi connectivity index (χ4v) is 3.94. The van der Waals surface area contributed by atoms with Crippen LogP contribution in [-0.2, 0) is 4.79 Å². The zero-order valence-corrected chi connectivity index (χ0v) is 17.9. The monoisotopic (exact) mass is 427 g/mol. The molecule has 154 valence electrons. The van der Waals surface area contributed by atoms with E-state index >= 15 is 0 Å². The van der Waals surface area contributed by atoms with Gasteiger partial charge in [0.2, 0.25) is 5.91 Å². The number of nitrogens with one attached hydrogen (secondary N) is 1. The van der Waals surface area contributed by atoms with Crippen LogP contribution in [-0.4, -0.2) is 28.2 Å². The maximum atomic E-state index is 12.5. The third-order valence-corrected chi connectivity index (χ3v) is 5.73. The highest BCUT2D eigenvalue weighted by molar-refractivity contribution is 8.14. The summed E-state index contributed by atoms with van der Waals surface area (Å²) in [5.41, 5.74) is 4.88. The van der Waals surface area contributed by atoms with Crippen molar-refractivity contribution in [2.75, 3.05) is 11.1 Å². The first kappa shape index (κ1) is 20.8. The maximum Gasteiger partial charge on any atom is 0.234 e. The highest BCUT2D eigenvalue weighted by Gasteiger charge is 2.16. The molecule has 1 aliphatic heterocycles. The summed E-state index contributed by atoms with van der Waals surface area (Å²) >= 11 is 1.41. The van der Waals surface area contributed by atoms with Gasteiger partial charge in [-0.25, -0.2) is 4.99 Å². The second kappa shape index (κ2) is 9.53. The molecule has 0 bridgehead atoms. The van der Waals surface area contributed by atoms with E-state index < -0.39 is 0 Å². The molecule has 0 aliphatic carbocycles. The summed E-state index contributed by atoms with van der Waals surface area (Å²) in [5, 5.41) is 3.71. The highest BCUT2D eigenvalue weighted by atomic mass is 32.2. The van der Waals surface area contributed by atoms with Crippen LogP contribution in [0.1, 0.15) is 29.3 Å². The molecule has 1 aliphatic rings. The Kier molecular flexibility index (Phi) is 6.38. The number of nitrogens with zero attached hydrogens (tertiary/aromatic N) is 2. The van der Waals surface area contributed by atoms with Crippen LogP contribution in [0.5, 0.6) is 0 Å². The summed E-state index contributed by atoms with van der Waals surface area (Å²) in [4.78, 5) is 33.5. The standard InChI is InChI=1S/C25H21N3O2S/c1-17(29)18-11-13-20(14-12-18)26-24(30)16-31-25-15-23(19-7-3-2-4-8-19)27-21-9-5-6-10-22(21)28-25/h2-14H,15-16H2,1H3,(H,26,30). The summed E-state index contributed by atoms with van der Waals surface area (Å²) in [6.45, 7) is 1.52. The summed E-state index contributed by atoms with van der Waals surface area (Å²) in [6.07, 6.45) is 0.559. The van der Waals surface area contributed by atoms with Crippen molar-refractivity contribution in [2.24, 2.45) is 9.98 Å². The van der Waals surface area contributed by atoms with Gasteiger partial charge in [0.25, 0.3) is 0 Å². The van der Waals surface area contributed by atoms with Crippen LogP contribution in [0.4, 0.5) is 17.1 Å². The van der Waals surface area contributed by atoms with Crippen LogP contribution in [0.3, 0.4) is 0 Å². The van der Waals surface area contributed by atoms with Crippen LogP contribution in [0.2, 0.25) is 0 Å². The van der Waals surface area contributed by atoms with Crippen LogP contribution >= 0.6 is 11.8 Å². The Labute approximate surface area is 185 Å². The molecule has 0 unspecified atom stereocenters. The van der Waals surface area contributed by atoms with Crippen molar-refractivity contribution < 1.29 is 9.59 Å². The predicted octanol–water partition coefficient (Wildman–Crippen LogP) is 5.82. The smallest absolute Gasteiger partial charge is 0.234 e. The Bertz CT molecular complexity index is 1170. The third kappa shape index (κ3) is 5.35. The molecule has 1 N–H and O–H groups in total. The van der Waals surface area contributed by atoms with Gasteiger partial charge < -0.3 is 5.32 Å². The Balaban J connectivity index is 1.47. The third-order valence-electron chi connectivity index (χ3n) is 4.75. The zero-order chi connectivity index (χ0) is 21.6. The first-order valence-electron chi connectivity index (χ1n) is 9.92. The van der Waals surface area contributed by atoms with Gasteiger partial charge >= 0.3 is 0 Å². The number of carbonyl (C=O) groups is 2. The predicted molar refractivity (Wildman–Crippen MR) is 128 cm³/mol. The van der Waals surface area contributed by atoms with Gasteiger partial charge in [-0.3, -0.25) is 14.6 Å². The molecular formula is C25H21N3O2S. The van der Waals surface area contributed by atoms with Gasteiger partial charge in [0, 0.05) is 17.7 Å². The SMILES string of the molecule is CC(=O)c1ccc(NC(=O)CSC2=Nc3ccccc3N=C(c3ccccc3)C2)cc1. The average Bonchev–Trinajstić information content (AvgIpc) is 2.98. The van der Waals surface area contributed by atoms with Crippen molar-refractivity contribution in [3.8, 4) is 0 Å². The number of hydrogen-bond acceptors (Lipinski definition) is 5. The Morgan fingerprint density at radius 1 is 0.871 bits per heavy atom. The van der Waals surface area contributed by atoms with Gasteiger partial charge in [0.1, 0.15) is 0 Å². The largest absolute Gasteiger partial charge is 0.325 e. The molecule has 5 nitrogen and oxygen atoms in total. The van der Waals surface area contributed by atoms with E-state index in [1.165, 1.54) is 18.7 Å². The molecule has 4 rings (SSSR count). The number of fused-ring (bicyclic) bond motifs is 1. The fourth-order valence-electron chi connectivity index (χ4n) is 3.17. The van der Waals surface area contributed by atoms with Crippen LogP contribution in [0.15, 0.2) is 88.8 Å². The molecule has 0 saturated heterocycles. The number of ketones is 1. The molecule has 0 spiro atoms. The minimum absolute atomic E-state index is 0.00373. The molecule has 0 fully saturated rings. The number of amides is 1. The van der Waals surface area contributed by atoms with Crippen molar-refractivity contribution in [3.05, 3.63) is 90.0 Å². The number of para-hydroxylation sites is 2. The summed E-state index contributed by atoms with van der Waals surface area (Å²) in [6, 6.07) is 24.7. The lowest BCUT2D eigenvalue weighted by atomic mass is 10.1. The second-order valence-corrected chi connectivity index (χ2v) is 8.11. The number of hydrogen-bond donors (Lipinski definition) is 1. The van der Waals surface area contributed by atoms with Crippen molar-refractivity contribution in [2.45, 2.75) is 13.3 Å². The van der Waals surface area contributed by atoms with E-state index in [0.717, 1.165) is 27.7 Å². The molecule has 1 heterocycles. The number of rotatable bonds is 5.